The van der Waals surface area contributed by atoms with Gasteiger partial charge in [0.1, 0.15) is 0 Å². The topological polar surface area (TPSA) is 32.3 Å². The van der Waals surface area contributed by atoms with Gasteiger partial charge >= 0.3 is 6.18 Å². The van der Waals surface area contributed by atoms with Crippen molar-refractivity contribution in [2.24, 2.45) is 5.92 Å². The molecule has 128 valence electrons. The summed E-state index contributed by atoms with van der Waals surface area (Å²) in [5.74, 6) is 0.193. The summed E-state index contributed by atoms with van der Waals surface area (Å²) in [5, 5.41) is 2.43. The molecule has 0 aromatic heterocycles. The van der Waals surface area contributed by atoms with Gasteiger partial charge in [-0.3, -0.25) is 4.79 Å². The molecule has 0 aliphatic heterocycles. The number of amides is 1. The van der Waals surface area contributed by atoms with Crippen molar-refractivity contribution in [1.82, 2.24) is 0 Å². The molecule has 0 heterocycles. The lowest BCUT2D eigenvalue weighted by Gasteiger charge is -2.19. The Balaban J connectivity index is 2.06. The van der Waals surface area contributed by atoms with Gasteiger partial charge in [0.25, 0.3) is 0 Å². The summed E-state index contributed by atoms with van der Waals surface area (Å²) in [7, 11) is 3.35. The summed E-state index contributed by atoms with van der Waals surface area (Å²) in [6, 6.07) is 3.96. The second-order valence-electron chi connectivity index (χ2n) is 6.36. The highest BCUT2D eigenvalue weighted by Gasteiger charge is 2.34. The Morgan fingerprint density at radius 3 is 2.48 bits per heavy atom. The van der Waals surface area contributed by atoms with Gasteiger partial charge in [-0.25, -0.2) is 0 Å². The lowest BCUT2D eigenvalue weighted by Crippen LogP contribution is -2.18. The summed E-state index contributed by atoms with van der Waals surface area (Å²) < 4.78 is 39.6. The third-order valence-corrected chi connectivity index (χ3v) is 4.35. The van der Waals surface area contributed by atoms with Crippen LogP contribution in [0.15, 0.2) is 18.2 Å². The molecule has 0 bridgehead atoms. The molecule has 1 fully saturated rings. The largest absolute Gasteiger partial charge is 0.418 e. The maximum atomic E-state index is 13.2. The van der Waals surface area contributed by atoms with E-state index in [1.165, 1.54) is 18.9 Å². The number of alkyl halides is 3. The Labute approximate surface area is 134 Å². The normalized spacial score (nSPS) is 15.7. The van der Waals surface area contributed by atoms with Crippen LogP contribution in [-0.4, -0.2) is 20.0 Å². The number of halogens is 3. The number of carbonyl (C=O) groups is 1. The number of hydrogen-bond acceptors (Lipinski definition) is 2. The fraction of sp³-hybridized carbons (Fsp3) is 0.588. The van der Waals surface area contributed by atoms with E-state index in [0.29, 0.717) is 11.6 Å². The maximum Gasteiger partial charge on any atom is 0.418 e. The van der Waals surface area contributed by atoms with E-state index >= 15 is 0 Å². The molecule has 1 aromatic carbocycles. The zero-order valence-corrected chi connectivity index (χ0v) is 13.5. The van der Waals surface area contributed by atoms with Gasteiger partial charge in [0.05, 0.1) is 11.3 Å². The van der Waals surface area contributed by atoms with E-state index in [9.17, 15) is 18.0 Å². The number of nitrogens with one attached hydrogen (secondary N) is 1. The number of nitrogens with zero attached hydrogens (tertiary/aromatic N) is 1. The Kier molecular flexibility index (Phi) is 5.55. The number of carbonyl (C=O) groups excluding carboxylic acids is 1. The van der Waals surface area contributed by atoms with Crippen molar-refractivity contribution < 1.29 is 18.0 Å². The predicted octanol–water partition coefficient (Wildman–Crippen LogP) is 4.68. The van der Waals surface area contributed by atoms with E-state index in [2.05, 4.69) is 5.32 Å². The van der Waals surface area contributed by atoms with Crippen LogP contribution in [0.2, 0.25) is 0 Å². The molecule has 1 aromatic rings. The smallest absolute Gasteiger partial charge is 0.378 e. The first-order valence-corrected chi connectivity index (χ1v) is 7.96. The van der Waals surface area contributed by atoms with E-state index in [1.807, 2.05) is 0 Å². The molecule has 1 saturated carbocycles. The van der Waals surface area contributed by atoms with Crippen molar-refractivity contribution in [2.75, 3.05) is 24.3 Å². The van der Waals surface area contributed by atoms with Crippen LogP contribution in [0.3, 0.4) is 0 Å². The summed E-state index contributed by atoms with van der Waals surface area (Å²) in [4.78, 5) is 13.6. The van der Waals surface area contributed by atoms with E-state index in [1.54, 1.807) is 25.1 Å². The molecule has 0 unspecified atom stereocenters. The first-order chi connectivity index (χ1) is 10.8. The average Bonchev–Trinajstić information content (AvgIpc) is 2.97. The van der Waals surface area contributed by atoms with Crippen LogP contribution in [0.25, 0.3) is 0 Å². The zero-order valence-electron chi connectivity index (χ0n) is 13.5. The summed E-state index contributed by atoms with van der Waals surface area (Å²) in [6.07, 6.45) is 1.16. The van der Waals surface area contributed by atoms with Crippen molar-refractivity contribution in [2.45, 2.75) is 44.7 Å². The highest BCUT2D eigenvalue weighted by atomic mass is 19.4. The van der Waals surface area contributed by atoms with Crippen LogP contribution in [-0.2, 0) is 11.0 Å². The fourth-order valence-electron chi connectivity index (χ4n) is 3.00. The fourth-order valence-corrected chi connectivity index (χ4v) is 3.00. The molecule has 1 amide bonds. The van der Waals surface area contributed by atoms with Crippen molar-refractivity contribution in [3.63, 3.8) is 0 Å². The van der Waals surface area contributed by atoms with Gasteiger partial charge in [-0.1, -0.05) is 25.7 Å². The number of rotatable bonds is 5. The van der Waals surface area contributed by atoms with Gasteiger partial charge in [-0.15, -0.1) is 0 Å². The molecule has 1 aliphatic rings. The van der Waals surface area contributed by atoms with E-state index in [4.69, 9.17) is 0 Å². The summed E-state index contributed by atoms with van der Waals surface area (Å²) >= 11 is 0. The minimum atomic E-state index is -4.50. The lowest BCUT2D eigenvalue weighted by atomic mass is 10.0. The van der Waals surface area contributed by atoms with Gasteiger partial charge in [0.2, 0.25) is 5.91 Å². The Bertz CT molecular complexity index is 549. The van der Waals surface area contributed by atoms with Crippen molar-refractivity contribution >= 4 is 17.3 Å². The van der Waals surface area contributed by atoms with Crippen LogP contribution in [0.5, 0.6) is 0 Å². The highest BCUT2D eigenvalue weighted by Crippen LogP contribution is 2.37. The molecule has 23 heavy (non-hydrogen) atoms. The summed E-state index contributed by atoms with van der Waals surface area (Å²) in [5.41, 5.74) is -0.529. The molecule has 0 spiro atoms. The molecule has 3 nitrogen and oxygen atoms in total. The molecule has 6 heteroatoms. The number of anilines is 2. The zero-order chi connectivity index (χ0) is 17.0. The molecular formula is C17H23F3N2O. The standard InChI is InChI=1S/C17H23F3N2O/c1-22(2)13-8-9-15(14(11-13)17(18,19)20)21-16(23)10-7-12-5-3-4-6-12/h8-9,11-12H,3-7,10H2,1-2H3,(H,21,23). The van der Waals surface area contributed by atoms with Crippen LogP contribution in [0.1, 0.15) is 44.1 Å². The summed E-state index contributed by atoms with van der Waals surface area (Å²) in [6.45, 7) is 0. The SMILES string of the molecule is CN(C)c1ccc(NC(=O)CCC2CCCC2)c(C(F)(F)F)c1. The van der Waals surface area contributed by atoms with Gasteiger partial charge in [0, 0.05) is 26.2 Å². The third-order valence-electron chi connectivity index (χ3n) is 4.35. The highest BCUT2D eigenvalue weighted by molar-refractivity contribution is 5.92. The Morgan fingerprint density at radius 2 is 1.91 bits per heavy atom. The minimum absolute atomic E-state index is 0.167. The van der Waals surface area contributed by atoms with E-state index in [-0.39, 0.29) is 18.0 Å². The van der Waals surface area contributed by atoms with Gasteiger partial charge in [-0.05, 0) is 30.5 Å². The number of hydrogen-bond donors (Lipinski definition) is 1. The van der Waals surface area contributed by atoms with Crippen molar-refractivity contribution in [1.29, 1.82) is 0 Å². The van der Waals surface area contributed by atoms with Gasteiger partial charge < -0.3 is 10.2 Å². The van der Waals surface area contributed by atoms with Gasteiger partial charge in [0.15, 0.2) is 0 Å². The molecular weight excluding hydrogens is 305 g/mol. The molecule has 0 atom stereocenters. The molecule has 0 radical (unpaired) electrons. The first-order valence-electron chi connectivity index (χ1n) is 7.96. The second-order valence-corrected chi connectivity index (χ2v) is 6.36. The van der Waals surface area contributed by atoms with Crippen molar-refractivity contribution in [3.05, 3.63) is 23.8 Å². The monoisotopic (exact) mass is 328 g/mol. The molecule has 1 aliphatic carbocycles. The van der Waals surface area contributed by atoms with E-state index in [0.717, 1.165) is 25.3 Å². The Morgan fingerprint density at radius 1 is 1.26 bits per heavy atom. The Hall–Kier alpha value is -1.72. The number of benzene rings is 1. The van der Waals surface area contributed by atoms with Gasteiger partial charge in [-0.2, -0.15) is 13.2 Å². The van der Waals surface area contributed by atoms with E-state index < -0.39 is 11.7 Å². The second kappa shape index (κ2) is 7.23. The minimum Gasteiger partial charge on any atom is -0.378 e. The molecule has 0 saturated heterocycles. The van der Waals surface area contributed by atoms with Crippen molar-refractivity contribution in [3.8, 4) is 0 Å². The van der Waals surface area contributed by atoms with Crippen LogP contribution < -0.4 is 10.2 Å². The lowest BCUT2D eigenvalue weighted by molar-refractivity contribution is -0.136. The average molecular weight is 328 g/mol. The van der Waals surface area contributed by atoms with Crippen LogP contribution in [0, 0.1) is 5.92 Å². The quantitative estimate of drug-likeness (QED) is 0.851. The van der Waals surface area contributed by atoms with Crippen LogP contribution >= 0.6 is 0 Å². The molecule has 2 rings (SSSR count). The molecule has 1 N–H and O–H groups in total. The third kappa shape index (κ3) is 4.88. The predicted molar refractivity (Wildman–Crippen MR) is 85.6 cm³/mol. The maximum absolute atomic E-state index is 13.2. The first kappa shape index (κ1) is 17.6. The van der Waals surface area contributed by atoms with Crippen LogP contribution in [0.4, 0.5) is 24.5 Å².